The number of aromatic nitrogens is 2. The molecule has 3 aromatic rings. The molecule has 7 heteroatoms. The molecular formula is C22H27ClN4OS. The number of amides is 1. The summed E-state index contributed by atoms with van der Waals surface area (Å²) < 4.78 is 1.82. The van der Waals surface area contributed by atoms with Crippen LogP contribution in [0.5, 0.6) is 0 Å². The van der Waals surface area contributed by atoms with Crippen molar-refractivity contribution in [3.63, 3.8) is 0 Å². The van der Waals surface area contributed by atoms with E-state index in [0.29, 0.717) is 11.5 Å². The summed E-state index contributed by atoms with van der Waals surface area (Å²) in [6.07, 6.45) is 4.00. The van der Waals surface area contributed by atoms with Crippen molar-refractivity contribution in [2.75, 3.05) is 26.2 Å². The van der Waals surface area contributed by atoms with E-state index in [2.05, 4.69) is 12.2 Å². The Labute approximate surface area is 182 Å². The Bertz CT molecular complexity index is 902. The van der Waals surface area contributed by atoms with E-state index in [-0.39, 0.29) is 18.3 Å². The molecule has 1 fully saturated rings. The molecule has 0 bridgehead atoms. The molecule has 0 atom stereocenters. The van der Waals surface area contributed by atoms with Crippen LogP contribution in [0.15, 0.2) is 54.0 Å². The first-order chi connectivity index (χ1) is 13.8. The number of piperidine rings is 1. The number of halogens is 1. The van der Waals surface area contributed by atoms with Crippen molar-refractivity contribution in [2.45, 2.75) is 19.8 Å². The predicted molar refractivity (Wildman–Crippen MR) is 121 cm³/mol. The van der Waals surface area contributed by atoms with Crippen LogP contribution in [0.3, 0.4) is 0 Å². The minimum Gasteiger partial charge on any atom is -0.339 e. The quantitative estimate of drug-likeness (QED) is 0.627. The lowest BCUT2D eigenvalue weighted by molar-refractivity contribution is 0.0691. The smallest absolute Gasteiger partial charge is 0.257 e. The number of nitrogens with one attached hydrogen (secondary N) is 1. The summed E-state index contributed by atoms with van der Waals surface area (Å²) in [6, 6.07) is 14.0. The molecule has 154 valence electrons. The highest BCUT2D eigenvalue weighted by molar-refractivity contribution is 7.13. The molecule has 0 unspecified atom stereocenters. The minimum absolute atomic E-state index is 0. The monoisotopic (exact) mass is 430 g/mol. The van der Waals surface area contributed by atoms with Crippen molar-refractivity contribution in [3.8, 4) is 16.3 Å². The van der Waals surface area contributed by atoms with E-state index in [1.54, 1.807) is 11.3 Å². The maximum absolute atomic E-state index is 13.3. The Morgan fingerprint density at radius 2 is 1.93 bits per heavy atom. The number of carbonyl (C=O) groups excluding carboxylic acids is 1. The molecular weight excluding hydrogens is 404 g/mol. The molecule has 0 saturated carbocycles. The van der Waals surface area contributed by atoms with Gasteiger partial charge in [0, 0.05) is 19.3 Å². The lowest BCUT2D eigenvalue weighted by Gasteiger charge is -2.32. The highest BCUT2D eigenvalue weighted by Crippen LogP contribution is 2.29. The van der Waals surface area contributed by atoms with Gasteiger partial charge in [-0.1, -0.05) is 31.2 Å². The fraction of sp³-hybridized carbons (Fsp3) is 0.364. The van der Waals surface area contributed by atoms with Crippen molar-refractivity contribution in [1.82, 2.24) is 20.0 Å². The predicted octanol–water partition coefficient (Wildman–Crippen LogP) is 4.48. The van der Waals surface area contributed by atoms with Crippen LogP contribution in [0.2, 0.25) is 0 Å². The Hall–Kier alpha value is -2.15. The first kappa shape index (κ1) is 21.6. The van der Waals surface area contributed by atoms with Gasteiger partial charge in [0.15, 0.2) is 0 Å². The molecule has 5 nitrogen and oxygen atoms in total. The summed E-state index contributed by atoms with van der Waals surface area (Å²) in [5.74, 6) is 0.750. The SMILES string of the molecule is CCNCC1CCN(C(=O)c2cn(-c3ccccc3)nc2-c2cccs2)CC1.Cl. The number of thiophene rings is 1. The van der Waals surface area contributed by atoms with Crippen LogP contribution in [0.4, 0.5) is 0 Å². The highest BCUT2D eigenvalue weighted by Gasteiger charge is 2.27. The van der Waals surface area contributed by atoms with E-state index in [4.69, 9.17) is 5.10 Å². The zero-order chi connectivity index (χ0) is 19.3. The molecule has 1 aromatic carbocycles. The standard InChI is InChI=1S/C22H26N4OS.ClH/c1-2-23-15-17-10-12-25(13-11-17)22(27)19-16-26(18-7-4-3-5-8-18)24-21(19)20-9-6-14-28-20;/h3-9,14,16-17,23H,2,10-13,15H2,1H3;1H. The van der Waals surface area contributed by atoms with Crippen LogP contribution in [-0.2, 0) is 0 Å². The summed E-state index contributed by atoms with van der Waals surface area (Å²) in [4.78, 5) is 16.4. The van der Waals surface area contributed by atoms with E-state index in [1.165, 1.54) is 0 Å². The van der Waals surface area contributed by atoms with Crippen molar-refractivity contribution in [2.24, 2.45) is 5.92 Å². The van der Waals surface area contributed by atoms with Gasteiger partial charge in [-0.25, -0.2) is 4.68 Å². The van der Waals surface area contributed by atoms with E-state index < -0.39 is 0 Å². The van der Waals surface area contributed by atoms with Gasteiger partial charge in [-0.2, -0.15) is 5.10 Å². The van der Waals surface area contributed by atoms with E-state index in [9.17, 15) is 4.79 Å². The third-order valence-electron chi connectivity index (χ3n) is 5.30. The fourth-order valence-corrected chi connectivity index (χ4v) is 4.42. The van der Waals surface area contributed by atoms with Crippen LogP contribution < -0.4 is 5.32 Å². The van der Waals surface area contributed by atoms with E-state index in [1.807, 2.05) is 63.6 Å². The average Bonchev–Trinajstić information content (AvgIpc) is 3.42. The number of hydrogen-bond donors (Lipinski definition) is 1. The summed E-state index contributed by atoms with van der Waals surface area (Å²) in [5.41, 5.74) is 2.43. The lowest BCUT2D eigenvalue weighted by Crippen LogP contribution is -2.40. The molecule has 1 amide bonds. The van der Waals surface area contributed by atoms with Gasteiger partial charge in [0.1, 0.15) is 5.69 Å². The minimum atomic E-state index is 0. The molecule has 0 aliphatic carbocycles. The largest absolute Gasteiger partial charge is 0.339 e. The van der Waals surface area contributed by atoms with Gasteiger partial charge in [-0.15, -0.1) is 23.7 Å². The maximum Gasteiger partial charge on any atom is 0.257 e. The average molecular weight is 431 g/mol. The van der Waals surface area contributed by atoms with Crippen LogP contribution in [-0.4, -0.2) is 46.8 Å². The first-order valence-electron chi connectivity index (χ1n) is 9.95. The highest BCUT2D eigenvalue weighted by atomic mass is 35.5. The first-order valence-corrected chi connectivity index (χ1v) is 10.8. The third-order valence-corrected chi connectivity index (χ3v) is 6.18. The Kier molecular flexibility index (Phi) is 7.47. The zero-order valence-corrected chi connectivity index (χ0v) is 18.2. The fourth-order valence-electron chi connectivity index (χ4n) is 3.70. The van der Waals surface area contributed by atoms with Crippen molar-refractivity contribution < 1.29 is 4.79 Å². The summed E-state index contributed by atoms with van der Waals surface area (Å²) in [6.45, 7) is 5.81. The molecule has 1 saturated heterocycles. The van der Waals surface area contributed by atoms with Crippen LogP contribution >= 0.6 is 23.7 Å². The van der Waals surface area contributed by atoms with Crippen LogP contribution in [0.1, 0.15) is 30.1 Å². The van der Waals surface area contributed by atoms with Crippen molar-refractivity contribution >= 4 is 29.7 Å². The molecule has 3 heterocycles. The molecule has 1 N–H and O–H groups in total. The number of benzene rings is 1. The Balaban J connectivity index is 0.00000240. The zero-order valence-electron chi connectivity index (χ0n) is 16.6. The van der Waals surface area contributed by atoms with Crippen LogP contribution in [0.25, 0.3) is 16.3 Å². The van der Waals surface area contributed by atoms with Crippen molar-refractivity contribution in [1.29, 1.82) is 0 Å². The number of carbonyl (C=O) groups is 1. The second-order valence-electron chi connectivity index (χ2n) is 7.19. The number of para-hydroxylation sites is 1. The second-order valence-corrected chi connectivity index (χ2v) is 8.14. The molecule has 2 aromatic heterocycles. The maximum atomic E-state index is 13.3. The van der Waals surface area contributed by atoms with Gasteiger partial charge in [0.25, 0.3) is 5.91 Å². The molecule has 1 aliphatic heterocycles. The van der Waals surface area contributed by atoms with Gasteiger partial charge < -0.3 is 10.2 Å². The van der Waals surface area contributed by atoms with Gasteiger partial charge in [0.05, 0.1) is 16.1 Å². The molecule has 29 heavy (non-hydrogen) atoms. The second kappa shape index (κ2) is 10.1. The summed E-state index contributed by atoms with van der Waals surface area (Å²) in [5, 5.41) is 10.2. The summed E-state index contributed by atoms with van der Waals surface area (Å²) in [7, 11) is 0. The number of rotatable bonds is 6. The third kappa shape index (κ3) is 4.89. The van der Waals surface area contributed by atoms with Gasteiger partial charge in [0.2, 0.25) is 0 Å². The van der Waals surface area contributed by atoms with Gasteiger partial charge in [-0.05, 0) is 55.4 Å². The van der Waals surface area contributed by atoms with E-state index in [0.717, 1.165) is 55.3 Å². The van der Waals surface area contributed by atoms with Crippen LogP contribution in [0, 0.1) is 5.92 Å². The number of hydrogen-bond acceptors (Lipinski definition) is 4. The van der Waals surface area contributed by atoms with Crippen molar-refractivity contribution in [3.05, 3.63) is 59.6 Å². The van der Waals surface area contributed by atoms with E-state index >= 15 is 0 Å². The Morgan fingerprint density at radius 3 is 2.59 bits per heavy atom. The van der Waals surface area contributed by atoms with Gasteiger partial charge >= 0.3 is 0 Å². The topological polar surface area (TPSA) is 50.2 Å². The van der Waals surface area contributed by atoms with Gasteiger partial charge in [-0.3, -0.25) is 4.79 Å². The summed E-state index contributed by atoms with van der Waals surface area (Å²) >= 11 is 1.62. The molecule has 0 spiro atoms. The molecule has 4 rings (SSSR count). The molecule has 0 radical (unpaired) electrons. The molecule has 1 aliphatic rings. The normalized spacial score (nSPS) is 14.6. The lowest BCUT2D eigenvalue weighted by atomic mass is 9.96. The Morgan fingerprint density at radius 1 is 1.17 bits per heavy atom. The number of nitrogens with zero attached hydrogens (tertiary/aromatic N) is 3. The number of likely N-dealkylation sites (tertiary alicyclic amines) is 1.